The minimum Gasteiger partial charge on any atom is -0.376 e. The van der Waals surface area contributed by atoms with Gasteiger partial charge >= 0.3 is 0 Å². The molecule has 0 amide bonds. The monoisotopic (exact) mass is 338 g/mol. The molecule has 1 N–H and O–H groups in total. The molecule has 1 aliphatic heterocycles. The second kappa shape index (κ2) is 6.40. The number of benzene rings is 1. The Morgan fingerprint density at radius 1 is 1.17 bits per heavy atom. The highest BCUT2D eigenvalue weighted by atomic mass is 32.1. The van der Waals surface area contributed by atoms with Crippen molar-refractivity contribution in [2.45, 2.75) is 45.7 Å². The fourth-order valence-electron chi connectivity index (χ4n) is 3.17. The van der Waals surface area contributed by atoms with Crippen LogP contribution in [0.15, 0.2) is 35.8 Å². The van der Waals surface area contributed by atoms with Crippen LogP contribution >= 0.6 is 11.3 Å². The van der Waals surface area contributed by atoms with E-state index in [4.69, 9.17) is 4.98 Å². The van der Waals surface area contributed by atoms with Crippen LogP contribution in [0.3, 0.4) is 0 Å². The molecule has 3 heterocycles. The van der Waals surface area contributed by atoms with Crippen LogP contribution in [0.5, 0.6) is 0 Å². The van der Waals surface area contributed by atoms with Crippen molar-refractivity contribution >= 4 is 17.0 Å². The normalized spacial score (nSPS) is 15.1. The van der Waals surface area contributed by atoms with Gasteiger partial charge in [-0.2, -0.15) is 0 Å². The molecule has 5 heteroatoms. The van der Waals surface area contributed by atoms with Gasteiger partial charge in [0.25, 0.3) is 0 Å². The highest BCUT2D eigenvalue weighted by Gasteiger charge is 2.13. The van der Waals surface area contributed by atoms with Gasteiger partial charge in [-0.1, -0.05) is 12.1 Å². The number of nitrogens with zero attached hydrogens (tertiary/aromatic N) is 3. The van der Waals surface area contributed by atoms with Crippen molar-refractivity contribution in [1.82, 2.24) is 14.5 Å². The lowest BCUT2D eigenvalue weighted by atomic mass is 10.1. The predicted molar refractivity (Wildman–Crippen MR) is 99.5 cm³/mol. The maximum atomic E-state index is 4.80. The Morgan fingerprint density at radius 3 is 2.71 bits per heavy atom. The van der Waals surface area contributed by atoms with Crippen LogP contribution in [0.2, 0.25) is 0 Å². The van der Waals surface area contributed by atoms with E-state index >= 15 is 0 Å². The number of aryl methyl sites for hydroxylation is 3. The molecular formula is C19H22N4S. The molecule has 0 radical (unpaired) electrons. The minimum absolute atomic E-state index is 0.217. The Kier molecular flexibility index (Phi) is 4.10. The molecule has 24 heavy (non-hydrogen) atoms. The smallest absolute Gasteiger partial charge is 0.115 e. The maximum Gasteiger partial charge on any atom is 0.115 e. The molecule has 1 aromatic carbocycles. The standard InChI is InChI=1S/C19H22N4S/c1-13-12-24-19(20-13)14(2)21-16-8-6-15(7-9-16)17-11-23-10-4-3-5-18(23)22-17/h6-9,11-12,14,21H,3-5,10H2,1-2H3. The van der Waals surface area contributed by atoms with E-state index in [0.717, 1.165) is 35.0 Å². The molecule has 0 spiro atoms. The molecule has 124 valence electrons. The first-order valence-corrected chi connectivity index (χ1v) is 9.42. The van der Waals surface area contributed by atoms with E-state index < -0.39 is 0 Å². The number of aromatic nitrogens is 3. The summed E-state index contributed by atoms with van der Waals surface area (Å²) < 4.78 is 2.30. The number of fused-ring (bicyclic) bond motifs is 1. The third-order valence-electron chi connectivity index (χ3n) is 4.48. The summed E-state index contributed by atoms with van der Waals surface area (Å²) in [7, 11) is 0. The molecule has 1 atom stereocenters. The van der Waals surface area contributed by atoms with Gasteiger partial charge < -0.3 is 9.88 Å². The van der Waals surface area contributed by atoms with Crippen molar-refractivity contribution in [2.24, 2.45) is 0 Å². The number of thiazole rings is 1. The summed E-state index contributed by atoms with van der Waals surface area (Å²) >= 11 is 1.71. The second-order valence-corrected chi connectivity index (χ2v) is 7.35. The van der Waals surface area contributed by atoms with E-state index in [1.165, 1.54) is 24.2 Å². The molecule has 0 saturated carbocycles. The molecule has 1 unspecified atom stereocenters. The topological polar surface area (TPSA) is 42.7 Å². The molecular weight excluding hydrogens is 316 g/mol. The largest absolute Gasteiger partial charge is 0.376 e. The van der Waals surface area contributed by atoms with Gasteiger partial charge in [0.05, 0.1) is 11.7 Å². The van der Waals surface area contributed by atoms with Gasteiger partial charge in [0.2, 0.25) is 0 Å². The van der Waals surface area contributed by atoms with Crippen LogP contribution in [0.1, 0.15) is 42.3 Å². The summed E-state index contributed by atoms with van der Waals surface area (Å²) in [6.45, 7) is 5.29. The third kappa shape index (κ3) is 3.08. The predicted octanol–water partition coefficient (Wildman–Crippen LogP) is 4.82. The molecule has 3 aromatic rings. The van der Waals surface area contributed by atoms with E-state index in [0.29, 0.717) is 0 Å². The first-order chi connectivity index (χ1) is 11.7. The Hall–Kier alpha value is -2.14. The van der Waals surface area contributed by atoms with Crippen LogP contribution in [0.25, 0.3) is 11.3 Å². The molecule has 0 saturated heterocycles. The van der Waals surface area contributed by atoms with Crippen LogP contribution in [-0.2, 0) is 13.0 Å². The number of nitrogens with one attached hydrogen (secondary N) is 1. The summed E-state index contributed by atoms with van der Waals surface area (Å²) in [5, 5.41) is 6.74. The van der Waals surface area contributed by atoms with Gasteiger partial charge in [0.1, 0.15) is 10.8 Å². The molecule has 2 aromatic heterocycles. The molecule has 4 rings (SSSR count). The van der Waals surface area contributed by atoms with Gasteiger partial charge in [-0.15, -0.1) is 11.3 Å². The van der Waals surface area contributed by atoms with E-state index in [-0.39, 0.29) is 6.04 Å². The molecule has 1 aliphatic rings. The Bertz CT molecular complexity index is 808. The average Bonchev–Trinajstić information content (AvgIpc) is 3.21. The van der Waals surface area contributed by atoms with Gasteiger partial charge in [0.15, 0.2) is 0 Å². The van der Waals surface area contributed by atoms with Crippen molar-refractivity contribution in [2.75, 3.05) is 5.32 Å². The number of rotatable bonds is 4. The van der Waals surface area contributed by atoms with Crippen molar-refractivity contribution in [3.8, 4) is 11.3 Å². The average molecular weight is 338 g/mol. The molecule has 0 aliphatic carbocycles. The highest BCUT2D eigenvalue weighted by Crippen LogP contribution is 2.26. The second-order valence-electron chi connectivity index (χ2n) is 6.46. The van der Waals surface area contributed by atoms with Crippen LogP contribution in [0, 0.1) is 6.92 Å². The Labute approximate surface area is 146 Å². The van der Waals surface area contributed by atoms with Gasteiger partial charge in [-0.05, 0) is 38.8 Å². The number of hydrogen-bond acceptors (Lipinski definition) is 4. The van der Waals surface area contributed by atoms with Gasteiger partial charge in [-0.25, -0.2) is 9.97 Å². The summed E-state index contributed by atoms with van der Waals surface area (Å²) in [6, 6.07) is 8.77. The van der Waals surface area contributed by atoms with Gasteiger partial charge in [0, 0.05) is 41.5 Å². The van der Waals surface area contributed by atoms with Crippen molar-refractivity contribution < 1.29 is 0 Å². The van der Waals surface area contributed by atoms with E-state index in [2.05, 4.69) is 57.6 Å². The number of hydrogen-bond donors (Lipinski definition) is 1. The number of anilines is 1. The first-order valence-electron chi connectivity index (χ1n) is 8.54. The van der Waals surface area contributed by atoms with Crippen LogP contribution < -0.4 is 5.32 Å². The summed E-state index contributed by atoms with van der Waals surface area (Å²) in [5.74, 6) is 1.23. The molecule has 0 bridgehead atoms. The fourth-order valence-corrected chi connectivity index (χ4v) is 3.98. The lowest BCUT2D eigenvalue weighted by molar-refractivity contribution is 0.522. The van der Waals surface area contributed by atoms with E-state index in [1.807, 2.05) is 6.92 Å². The lowest BCUT2D eigenvalue weighted by Crippen LogP contribution is -2.08. The summed E-state index contributed by atoms with van der Waals surface area (Å²) in [6.07, 6.45) is 5.81. The van der Waals surface area contributed by atoms with E-state index in [9.17, 15) is 0 Å². The minimum atomic E-state index is 0.217. The van der Waals surface area contributed by atoms with Gasteiger partial charge in [-0.3, -0.25) is 0 Å². The van der Waals surface area contributed by atoms with Crippen molar-refractivity contribution in [3.05, 3.63) is 52.4 Å². The summed E-state index contributed by atoms with van der Waals surface area (Å²) in [4.78, 5) is 9.35. The Balaban J connectivity index is 1.49. The highest BCUT2D eigenvalue weighted by molar-refractivity contribution is 7.09. The van der Waals surface area contributed by atoms with Crippen LogP contribution in [0.4, 0.5) is 5.69 Å². The SMILES string of the molecule is Cc1csc(C(C)Nc2ccc(-c3cn4c(n3)CCCC4)cc2)n1. The Morgan fingerprint density at radius 2 is 2.00 bits per heavy atom. The van der Waals surface area contributed by atoms with Crippen molar-refractivity contribution in [3.63, 3.8) is 0 Å². The zero-order valence-electron chi connectivity index (χ0n) is 14.1. The molecule has 4 nitrogen and oxygen atoms in total. The number of imidazole rings is 1. The zero-order chi connectivity index (χ0) is 16.5. The van der Waals surface area contributed by atoms with Crippen molar-refractivity contribution in [1.29, 1.82) is 0 Å². The molecule has 0 fully saturated rings. The van der Waals surface area contributed by atoms with Crippen LogP contribution in [-0.4, -0.2) is 14.5 Å². The maximum absolute atomic E-state index is 4.80. The van der Waals surface area contributed by atoms with E-state index in [1.54, 1.807) is 11.3 Å². The summed E-state index contributed by atoms with van der Waals surface area (Å²) in [5.41, 5.74) is 4.47. The third-order valence-corrected chi connectivity index (χ3v) is 5.62. The quantitative estimate of drug-likeness (QED) is 0.741. The zero-order valence-corrected chi connectivity index (χ0v) is 14.9. The fraction of sp³-hybridized carbons (Fsp3) is 0.368. The lowest BCUT2D eigenvalue weighted by Gasteiger charge is -2.13. The first kappa shape index (κ1) is 15.4.